The van der Waals surface area contributed by atoms with Crippen molar-refractivity contribution >= 4 is 74.3 Å². The average Bonchev–Trinajstić information content (AvgIpc) is 3.54. The summed E-state index contributed by atoms with van der Waals surface area (Å²) in [6, 6.07) is 18.4. The minimum Gasteiger partial charge on any atom is -0.399 e. The zero-order valence-corrected chi connectivity index (χ0v) is 20.1. The van der Waals surface area contributed by atoms with Gasteiger partial charge in [-0.2, -0.15) is 0 Å². The SMILES string of the molecule is Nc1ccc(Nc2c3c(cc4nc(-c5cccs5)c(-c5cccs5)nc24)SCCS3)cc1. The van der Waals surface area contributed by atoms with Gasteiger partial charge in [0.15, 0.2) is 0 Å². The van der Waals surface area contributed by atoms with Crippen LogP contribution >= 0.6 is 46.2 Å². The van der Waals surface area contributed by atoms with E-state index in [0.717, 1.165) is 60.7 Å². The van der Waals surface area contributed by atoms with Crippen LogP contribution in [-0.2, 0) is 0 Å². The van der Waals surface area contributed by atoms with Gasteiger partial charge in [-0.25, -0.2) is 9.97 Å². The molecule has 3 N–H and O–H groups in total. The zero-order chi connectivity index (χ0) is 21.5. The molecule has 0 amide bonds. The highest BCUT2D eigenvalue weighted by molar-refractivity contribution is 8.05. The van der Waals surface area contributed by atoms with Gasteiger partial charge in [0.2, 0.25) is 0 Å². The quantitative estimate of drug-likeness (QED) is 0.253. The van der Waals surface area contributed by atoms with Crippen molar-refractivity contribution in [3.63, 3.8) is 0 Å². The summed E-state index contributed by atoms with van der Waals surface area (Å²) in [6.45, 7) is 0. The Morgan fingerprint density at radius 3 is 2.19 bits per heavy atom. The van der Waals surface area contributed by atoms with Crippen molar-refractivity contribution in [3.05, 3.63) is 65.4 Å². The Morgan fingerprint density at radius 1 is 0.812 bits per heavy atom. The van der Waals surface area contributed by atoms with Crippen molar-refractivity contribution in [3.8, 4) is 21.1 Å². The minimum atomic E-state index is 0.751. The molecule has 0 unspecified atom stereocenters. The summed E-state index contributed by atoms with van der Waals surface area (Å²) in [4.78, 5) is 15.2. The number of benzene rings is 2. The predicted octanol–water partition coefficient (Wildman–Crippen LogP) is 7.61. The number of anilines is 3. The second-order valence-corrected chi connectivity index (χ2v) is 11.4. The molecule has 0 atom stereocenters. The molecule has 3 aromatic heterocycles. The predicted molar refractivity (Wildman–Crippen MR) is 142 cm³/mol. The van der Waals surface area contributed by atoms with Crippen LogP contribution in [0.4, 0.5) is 17.1 Å². The molecule has 0 bridgehead atoms. The fourth-order valence-electron chi connectivity index (χ4n) is 3.70. The van der Waals surface area contributed by atoms with Crippen LogP contribution in [0.15, 0.2) is 75.1 Å². The Hall–Kier alpha value is -2.52. The van der Waals surface area contributed by atoms with Gasteiger partial charge >= 0.3 is 0 Å². The van der Waals surface area contributed by atoms with Gasteiger partial charge < -0.3 is 11.1 Å². The van der Waals surface area contributed by atoms with Gasteiger partial charge in [0, 0.05) is 32.7 Å². The highest BCUT2D eigenvalue weighted by atomic mass is 32.2. The van der Waals surface area contributed by atoms with E-state index >= 15 is 0 Å². The summed E-state index contributed by atoms with van der Waals surface area (Å²) in [6.07, 6.45) is 0. The number of hydrogen-bond acceptors (Lipinski definition) is 8. The fourth-order valence-corrected chi connectivity index (χ4v) is 7.49. The lowest BCUT2D eigenvalue weighted by atomic mass is 10.1. The molecular weight excluding hydrogens is 473 g/mol. The van der Waals surface area contributed by atoms with Crippen LogP contribution in [0.3, 0.4) is 0 Å². The van der Waals surface area contributed by atoms with Crippen LogP contribution in [0.5, 0.6) is 0 Å². The van der Waals surface area contributed by atoms with Crippen molar-refractivity contribution < 1.29 is 0 Å². The summed E-state index contributed by atoms with van der Waals surface area (Å²) in [5, 5.41) is 7.82. The lowest BCUT2D eigenvalue weighted by Gasteiger charge is -2.21. The third-order valence-electron chi connectivity index (χ3n) is 5.15. The Kier molecular flexibility index (Phi) is 5.30. The average molecular weight is 491 g/mol. The van der Waals surface area contributed by atoms with Gasteiger partial charge in [-0.1, -0.05) is 12.1 Å². The third-order valence-corrected chi connectivity index (χ3v) is 9.46. The number of thiophene rings is 2. The molecule has 8 heteroatoms. The number of nitrogens with zero attached hydrogens (tertiary/aromatic N) is 2. The smallest absolute Gasteiger partial charge is 0.114 e. The Labute approximate surface area is 202 Å². The van der Waals surface area contributed by atoms with Gasteiger partial charge in [0.1, 0.15) is 16.9 Å². The van der Waals surface area contributed by atoms with E-state index < -0.39 is 0 Å². The van der Waals surface area contributed by atoms with Crippen molar-refractivity contribution in [1.29, 1.82) is 0 Å². The first-order valence-electron chi connectivity index (χ1n) is 10.1. The molecular formula is C24H18N4S4. The molecule has 0 saturated heterocycles. The van der Waals surface area contributed by atoms with E-state index in [0.29, 0.717) is 0 Å². The summed E-state index contributed by atoms with van der Waals surface area (Å²) >= 11 is 7.17. The number of hydrogen-bond donors (Lipinski definition) is 2. The van der Waals surface area contributed by atoms with Gasteiger partial charge in [-0.15, -0.1) is 46.2 Å². The first kappa shape index (κ1) is 20.1. The van der Waals surface area contributed by atoms with Crippen molar-refractivity contribution in [2.75, 3.05) is 22.6 Å². The van der Waals surface area contributed by atoms with Crippen LogP contribution in [0.2, 0.25) is 0 Å². The number of nitrogens with two attached hydrogens (primary N) is 1. The first-order valence-corrected chi connectivity index (χ1v) is 13.8. The molecule has 4 heterocycles. The van der Waals surface area contributed by atoms with E-state index in [9.17, 15) is 0 Å². The number of aromatic nitrogens is 2. The number of rotatable bonds is 4. The van der Waals surface area contributed by atoms with E-state index in [2.05, 4.69) is 46.4 Å². The highest BCUT2D eigenvalue weighted by Gasteiger charge is 2.23. The third kappa shape index (κ3) is 3.67. The lowest BCUT2D eigenvalue weighted by molar-refractivity contribution is 1.20. The van der Waals surface area contributed by atoms with E-state index in [1.54, 1.807) is 22.7 Å². The summed E-state index contributed by atoms with van der Waals surface area (Å²) < 4.78 is 0. The number of nitrogens with one attached hydrogen (secondary N) is 1. The van der Waals surface area contributed by atoms with Crippen LogP contribution < -0.4 is 11.1 Å². The number of nitrogen functional groups attached to an aromatic ring is 1. The second-order valence-electron chi connectivity index (χ2n) is 7.27. The topological polar surface area (TPSA) is 63.8 Å². The molecule has 2 aromatic carbocycles. The molecule has 5 aromatic rings. The number of thioether (sulfide) groups is 2. The minimum absolute atomic E-state index is 0.751. The van der Waals surface area contributed by atoms with Crippen LogP contribution in [0, 0.1) is 0 Å². The lowest BCUT2D eigenvalue weighted by Crippen LogP contribution is -2.04. The maximum Gasteiger partial charge on any atom is 0.114 e. The molecule has 4 nitrogen and oxygen atoms in total. The molecule has 32 heavy (non-hydrogen) atoms. The Balaban J connectivity index is 1.62. The Bertz CT molecular complexity index is 1400. The van der Waals surface area contributed by atoms with Gasteiger partial charge in [-0.3, -0.25) is 0 Å². The van der Waals surface area contributed by atoms with E-state index in [4.69, 9.17) is 15.7 Å². The molecule has 0 aliphatic carbocycles. The maximum absolute atomic E-state index is 5.90. The van der Waals surface area contributed by atoms with Crippen LogP contribution in [-0.4, -0.2) is 21.5 Å². The van der Waals surface area contributed by atoms with E-state index in [1.165, 1.54) is 9.79 Å². The monoisotopic (exact) mass is 490 g/mol. The first-order chi connectivity index (χ1) is 15.8. The summed E-state index contributed by atoms with van der Waals surface area (Å²) in [7, 11) is 0. The van der Waals surface area contributed by atoms with E-state index in [-0.39, 0.29) is 0 Å². The number of fused-ring (bicyclic) bond motifs is 2. The molecule has 0 saturated carbocycles. The Morgan fingerprint density at radius 2 is 1.50 bits per heavy atom. The van der Waals surface area contributed by atoms with Crippen molar-refractivity contribution in [1.82, 2.24) is 9.97 Å². The normalized spacial score (nSPS) is 13.2. The second kappa shape index (κ2) is 8.44. The molecule has 1 aliphatic rings. The van der Waals surface area contributed by atoms with Crippen molar-refractivity contribution in [2.45, 2.75) is 9.79 Å². The van der Waals surface area contributed by atoms with Gasteiger partial charge in [-0.05, 0) is 53.2 Å². The molecule has 0 fully saturated rings. The van der Waals surface area contributed by atoms with Gasteiger partial charge in [0.05, 0.1) is 21.0 Å². The largest absolute Gasteiger partial charge is 0.399 e. The van der Waals surface area contributed by atoms with Crippen LogP contribution in [0.1, 0.15) is 0 Å². The molecule has 158 valence electrons. The molecule has 0 radical (unpaired) electrons. The van der Waals surface area contributed by atoms with Crippen LogP contribution in [0.25, 0.3) is 32.2 Å². The highest BCUT2D eigenvalue weighted by Crippen LogP contribution is 2.47. The standard InChI is InChI=1S/C24H18N4S4/c25-14-5-7-15(8-6-14)26-23-20-16(13-19-24(23)32-12-11-31-19)27-21(17-3-1-9-29-17)22(28-20)18-4-2-10-30-18/h1-10,13,26H,11-12,25H2. The molecule has 0 spiro atoms. The zero-order valence-electron chi connectivity index (χ0n) is 16.9. The summed E-state index contributed by atoms with van der Waals surface area (Å²) in [5.74, 6) is 2.18. The fraction of sp³-hybridized carbons (Fsp3) is 0.0833. The van der Waals surface area contributed by atoms with Gasteiger partial charge in [0.25, 0.3) is 0 Å². The maximum atomic E-state index is 5.90. The molecule has 1 aliphatic heterocycles. The van der Waals surface area contributed by atoms with E-state index in [1.807, 2.05) is 47.8 Å². The van der Waals surface area contributed by atoms with Crippen molar-refractivity contribution in [2.24, 2.45) is 0 Å². The summed E-state index contributed by atoms with van der Waals surface area (Å²) in [5.41, 5.74) is 12.4. The molecule has 6 rings (SSSR count).